The monoisotopic (exact) mass is 1210 g/mol. The molecule has 96 heavy (non-hydrogen) atoms. The maximum absolute atomic E-state index is 2.39. The molecule has 19 aromatic carbocycles. The molecule has 0 radical (unpaired) electrons. The summed E-state index contributed by atoms with van der Waals surface area (Å²) in [5.41, 5.74) is 19.7. The van der Waals surface area contributed by atoms with Crippen LogP contribution in [0.2, 0.25) is 0 Å². The molecule has 19 rings (SSSR count). The molecule has 0 amide bonds. The zero-order chi connectivity index (χ0) is 63.5. The van der Waals surface area contributed by atoms with Gasteiger partial charge < -0.3 is 0 Å². The Labute approximate surface area is 558 Å². The highest BCUT2D eigenvalue weighted by Crippen LogP contribution is 2.42. The first-order chi connectivity index (χ1) is 47.5. The van der Waals surface area contributed by atoms with Gasteiger partial charge in [-0.05, 0) is 265 Å². The number of rotatable bonds is 8. The second-order valence-corrected chi connectivity index (χ2v) is 25.6. The van der Waals surface area contributed by atoms with Crippen LogP contribution in [-0.2, 0) is 0 Å². The quantitative estimate of drug-likeness (QED) is 0.133. The van der Waals surface area contributed by atoms with Gasteiger partial charge in [-0.3, -0.25) is 0 Å². The molecule has 19 aromatic rings. The Morgan fingerprint density at radius 1 is 0.0938 bits per heavy atom. The molecule has 0 nitrogen and oxygen atoms in total. The summed E-state index contributed by atoms with van der Waals surface area (Å²) in [5, 5.41) is 22.8. The lowest BCUT2D eigenvalue weighted by atomic mass is 9.89. The zero-order valence-electron chi connectivity index (χ0n) is 52.8. The molecule has 0 heterocycles. The van der Waals surface area contributed by atoms with Crippen LogP contribution in [0.3, 0.4) is 0 Å². The summed E-state index contributed by atoms with van der Waals surface area (Å²) in [6.45, 7) is 0. The van der Waals surface area contributed by atoms with Gasteiger partial charge in [0.2, 0.25) is 0 Å². The van der Waals surface area contributed by atoms with Gasteiger partial charge in [-0.1, -0.05) is 297 Å². The average molecular weight is 1220 g/mol. The van der Waals surface area contributed by atoms with E-state index in [4.69, 9.17) is 0 Å². The van der Waals surface area contributed by atoms with Gasteiger partial charge in [0, 0.05) is 0 Å². The van der Waals surface area contributed by atoms with Crippen molar-refractivity contribution in [1.82, 2.24) is 0 Å². The summed E-state index contributed by atoms with van der Waals surface area (Å²) in [6, 6.07) is 138. The summed E-state index contributed by atoms with van der Waals surface area (Å²) >= 11 is 0. The van der Waals surface area contributed by atoms with Gasteiger partial charge in [0.25, 0.3) is 0 Å². The van der Waals surface area contributed by atoms with E-state index in [1.165, 1.54) is 186 Å². The Bertz CT molecular complexity index is 6270. The molecule has 0 atom stereocenters. The van der Waals surface area contributed by atoms with Crippen molar-refractivity contribution >= 4 is 97.0 Å². The van der Waals surface area contributed by atoms with Crippen molar-refractivity contribution in [3.8, 4) is 89.0 Å². The van der Waals surface area contributed by atoms with Crippen molar-refractivity contribution in [3.05, 3.63) is 376 Å². The van der Waals surface area contributed by atoms with Crippen LogP contribution >= 0.6 is 0 Å². The third kappa shape index (κ3) is 10.7. The van der Waals surface area contributed by atoms with Gasteiger partial charge >= 0.3 is 0 Å². The van der Waals surface area contributed by atoms with Crippen LogP contribution in [0.15, 0.2) is 376 Å². The maximum Gasteiger partial charge on any atom is -0.00928 e. The van der Waals surface area contributed by atoms with Crippen LogP contribution in [0.4, 0.5) is 0 Å². The van der Waals surface area contributed by atoms with E-state index in [2.05, 4.69) is 376 Å². The highest BCUT2D eigenvalue weighted by molar-refractivity contribution is 6.16. The Morgan fingerprint density at radius 2 is 0.323 bits per heavy atom. The summed E-state index contributed by atoms with van der Waals surface area (Å²) in [5.74, 6) is 0. The molecular formula is C96H62. The maximum atomic E-state index is 2.39. The smallest absolute Gasteiger partial charge is 0.00928 e. The van der Waals surface area contributed by atoms with E-state index in [1.807, 2.05) is 0 Å². The molecule has 0 fully saturated rings. The fourth-order valence-corrected chi connectivity index (χ4v) is 14.6. The molecule has 0 heteroatoms. The molecule has 0 aromatic heterocycles. The van der Waals surface area contributed by atoms with Crippen molar-refractivity contribution in [2.24, 2.45) is 0 Å². The third-order valence-corrected chi connectivity index (χ3v) is 19.8. The highest BCUT2D eigenvalue weighted by atomic mass is 14.2. The minimum atomic E-state index is 1.22. The summed E-state index contributed by atoms with van der Waals surface area (Å²) in [6.07, 6.45) is 0. The molecular weight excluding hydrogens is 1150 g/mol. The van der Waals surface area contributed by atoms with Crippen LogP contribution in [0, 0.1) is 0 Å². The lowest BCUT2D eigenvalue weighted by Gasteiger charge is -2.15. The van der Waals surface area contributed by atoms with Gasteiger partial charge in [-0.2, -0.15) is 0 Å². The Kier molecular flexibility index (Phi) is 14.0. The van der Waals surface area contributed by atoms with Crippen molar-refractivity contribution < 1.29 is 0 Å². The van der Waals surface area contributed by atoms with Crippen molar-refractivity contribution in [3.63, 3.8) is 0 Å². The summed E-state index contributed by atoms with van der Waals surface area (Å²) in [7, 11) is 0. The Balaban J connectivity index is 0.000000148. The van der Waals surface area contributed by atoms with E-state index >= 15 is 0 Å². The predicted octanol–water partition coefficient (Wildman–Crippen LogP) is 27.1. The second-order valence-electron chi connectivity index (χ2n) is 25.6. The molecule has 0 saturated carbocycles. The molecule has 0 saturated heterocycles. The first-order valence-corrected chi connectivity index (χ1v) is 33.2. The van der Waals surface area contributed by atoms with Crippen LogP contribution < -0.4 is 0 Å². The molecule has 0 aliphatic carbocycles. The van der Waals surface area contributed by atoms with Gasteiger partial charge in [0.05, 0.1) is 0 Å². The molecule has 0 bridgehead atoms. The lowest BCUT2D eigenvalue weighted by Crippen LogP contribution is -1.88. The lowest BCUT2D eigenvalue weighted by molar-refractivity contribution is 1.61. The molecule has 0 aliphatic rings. The SMILES string of the molecule is c1cc(-c2ccc3ccccc3c2)cc(-c2ccc3c(ccc4cc(-c5ccc6ccccc6c5)ccc43)c2)c1.c1ccc(-c2cc3cc(-c4cccc(-c5ccc6ccccc6c5)c4)ccc3c3ccc(-c4ccc5cc(-c6ccc7ccccc7c6)ccc5c4)cc23)cc1. The van der Waals surface area contributed by atoms with Crippen LogP contribution in [0.1, 0.15) is 0 Å². The molecule has 0 spiro atoms. The third-order valence-electron chi connectivity index (χ3n) is 19.8. The van der Waals surface area contributed by atoms with E-state index in [0.29, 0.717) is 0 Å². The van der Waals surface area contributed by atoms with E-state index in [9.17, 15) is 0 Å². The van der Waals surface area contributed by atoms with Gasteiger partial charge in [-0.15, -0.1) is 0 Å². The van der Waals surface area contributed by atoms with E-state index in [-0.39, 0.29) is 0 Å². The number of hydrogen-bond donors (Lipinski definition) is 0. The highest BCUT2D eigenvalue weighted by Gasteiger charge is 2.15. The molecule has 446 valence electrons. The van der Waals surface area contributed by atoms with Gasteiger partial charge in [0.15, 0.2) is 0 Å². The predicted molar refractivity (Wildman–Crippen MR) is 414 cm³/mol. The molecule has 0 unspecified atom stereocenters. The van der Waals surface area contributed by atoms with Gasteiger partial charge in [0.1, 0.15) is 0 Å². The standard InChI is InChI=1S/C56H36.C40H26/c1-2-11-39(12-3-1)55-36-52-34-50(43-16-8-15-42(31-43)44-19-17-37-9-4-6-13-40(37)29-44)25-27-53(52)54-28-26-51(35-56(54)55)49-24-23-47-32-46(21-22-48(47)33-49)45-20-18-38-10-5-7-14-41(38)30-45;1-3-8-29-22-33(14-12-27(29)6-1)31-10-5-11-32(24-31)35-18-20-39-37(25-35)16-17-38-26-36(19-21-40(38)39)34-15-13-28-7-2-4-9-30(28)23-34/h1-36H;1-26H. The normalized spacial score (nSPS) is 11.5. The Morgan fingerprint density at radius 3 is 0.688 bits per heavy atom. The van der Waals surface area contributed by atoms with E-state index in [0.717, 1.165) is 0 Å². The Hall–Kier alpha value is -12.5. The van der Waals surface area contributed by atoms with Crippen LogP contribution in [0.25, 0.3) is 186 Å². The average Bonchev–Trinajstić information content (AvgIpc) is 0.765. The fourth-order valence-electron chi connectivity index (χ4n) is 14.6. The van der Waals surface area contributed by atoms with E-state index < -0.39 is 0 Å². The molecule has 0 aliphatic heterocycles. The minimum absolute atomic E-state index is 1.22. The fraction of sp³-hybridized carbons (Fsp3) is 0. The summed E-state index contributed by atoms with van der Waals surface area (Å²) in [4.78, 5) is 0. The van der Waals surface area contributed by atoms with Gasteiger partial charge in [-0.25, -0.2) is 0 Å². The zero-order valence-corrected chi connectivity index (χ0v) is 52.8. The topological polar surface area (TPSA) is 0 Å². The summed E-state index contributed by atoms with van der Waals surface area (Å²) < 4.78 is 0. The first kappa shape index (κ1) is 56.3. The molecule has 0 N–H and O–H groups in total. The largest absolute Gasteiger partial charge is 0.0622 e. The number of fused-ring (bicyclic) bond motifs is 11. The van der Waals surface area contributed by atoms with Crippen molar-refractivity contribution in [1.29, 1.82) is 0 Å². The van der Waals surface area contributed by atoms with Crippen molar-refractivity contribution in [2.45, 2.75) is 0 Å². The van der Waals surface area contributed by atoms with Crippen LogP contribution in [-0.4, -0.2) is 0 Å². The number of benzene rings is 19. The second kappa shape index (κ2) is 23.9. The van der Waals surface area contributed by atoms with Crippen molar-refractivity contribution in [2.75, 3.05) is 0 Å². The number of hydrogen-bond acceptors (Lipinski definition) is 0. The minimum Gasteiger partial charge on any atom is -0.0622 e. The first-order valence-electron chi connectivity index (χ1n) is 33.2. The van der Waals surface area contributed by atoms with Crippen LogP contribution in [0.5, 0.6) is 0 Å². The van der Waals surface area contributed by atoms with E-state index in [1.54, 1.807) is 0 Å².